The first-order valence-electron chi connectivity index (χ1n) is 3.58. The zero-order valence-electron chi connectivity index (χ0n) is 7.30. The van der Waals surface area contributed by atoms with E-state index in [2.05, 4.69) is 10.6 Å². The molecular weight excluding hydrogens is 144 g/mol. The van der Waals surface area contributed by atoms with Gasteiger partial charge in [0.1, 0.15) is 11.3 Å². The van der Waals surface area contributed by atoms with E-state index in [1.165, 1.54) is 0 Å². The van der Waals surface area contributed by atoms with E-state index in [4.69, 9.17) is 10.0 Å². The third-order valence-corrected chi connectivity index (χ3v) is 1.82. The molecule has 0 unspecified atom stereocenters. The van der Waals surface area contributed by atoms with Gasteiger partial charge in [0, 0.05) is 0 Å². The fourth-order valence-corrected chi connectivity index (χ4v) is 1.35. The van der Waals surface area contributed by atoms with Crippen LogP contribution in [0.25, 0.3) is 0 Å². The monoisotopic (exact) mass is 158 g/mol. The van der Waals surface area contributed by atoms with Crippen LogP contribution < -0.4 is 5.48 Å². The van der Waals surface area contributed by atoms with E-state index < -0.39 is 5.60 Å². The molecule has 2 N–H and O–H groups in total. The summed E-state index contributed by atoms with van der Waals surface area (Å²) in [5.41, 5.74) is 2.52. The Bertz CT molecular complexity index is 179. The molecule has 1 rings (SSSR count). The molecule has 0 spiro atoms. The molecular formula is C7H14N2O2. The third kappa shape index (κ3) is 1.23. The number of hydrogen-bond acceptors (Lipinski definition) is 4. The first-order valence-corrected chi connectivity index (χ1v) is 3.58. The summed E-state index contributed by atoms with van der Waals surface area (Å²) in [6, 6.07) is 0. The molecule has 0 atom stereocenters. The van der Waals surface area contributed by atoms with Crippen LogP contribution >= 0.6 is 0 Å². The van der Waals surface area contributed by atoms with Gasteiger partial charge >= 0.3 is 0 Å². The zero-order valence-corrected chi connectivity index (χ0v) is 7.30. The maximum absolute atomic E-state index is 8.71. The minimum Gasteiger partial charge on any atom is -0.411 e. The van der Waals surface area contributed by atoms with Crippen LogP contribution in [0.2, 0.25) is 0 Å². The average Bonchev–Trinajstić information content (AvgIpc) is 2.03. The van der Waals surface area contributed by atoms with Crippen molar-refractivity contribution in [1.82, 2.24) is 5.48 Å². The summed E-state index contributed by atoms with van der Waals surface area (Å²) in [6.07, 6.45) is 0. The first-order chi connectivity index (χ1) is 4.90. The maximum atomic E-state index is 8.71. The van der Waals surface area contributed by atoms with Gasteiger partial charge in [0.05, 0.1) is 5.54 Å². The van der Waals surface area contributed by atoms with E-state index in [1.807, 2.05) is 27.7 Å². The largest absolute Gasteiger partial charge is 0.411 e. The molecule has 0 aromatic carbocycles. The van der Waals surface area contributed by atoms with Crippen LogP contribution in [-0.4, -0.2) is 22.1 Å². The van der Waals surface area contributed by atoms with Crippen molar-refractivity contribution in [3.8, 4) is 0 Å². The summed E-state index contributed by atoms with van der Waals surface area (Å²) in [5.74, 6) is 0. The van der Waals surface area contributed by atoms with E-state index in [-0.39, 0.29) is 5.54 Å². The van der Waals surface area contributed by atoms with Crippen molar-refractivity contribution in [2.45, 2.75) is 38.8 Å². The molecule has 0 aromatic rings. The van der Waals surface area contributed by atoms with Gasteiger partial charge in [-0.1, -0.05) is 5.16 Å². The lowest BCUT2D eigenvalue weighted by molar-refractivity contribution is -0.0261. The standard InChI is InChI=1S/C7H14N2O2/c1-6(2)5(8-10)7(3,4)11-9-6/h9-10H,1-4H3/b8-5-. The number of rotatable bonds is 0. The van der Waals surface area contributed by atoms with Gasteiger partial charge in [0.2, 0.25) is 0 Å². The van der Waals surface area contributed by atoms with Gasteiger partial charge < -0.3 is 5.21 Å². The Labute approximate surface area is 66.2 Å². The van der Waals surface area contributed by atoms with E-state index >= 15 is 0 Å². The van der Waals surface area contributed by atoms with Crippen molar-refractivity contribution < 1.29 is 10.0 Å². The number of nitrogens with zero attached hydrogens (tertiary/aromatic N) is 1. The molecule has 4 nitrogen and oxygen atoms in total. The van der Waals surface area contributed by atoms with Crippen LogP contribution in [0.3, 0.4) is 0 Å². The molecule has 0 bridgehead atoms. The van der Waals surface area contributed by atoms with E-state index in [0.717, 1.165) is 0 Å². The Hall–Kier alpha value is -0.610. The molecule has 64 valence electrons. The van der Waals surface area contributed by atoms with Crippen molar-refractivity contribution in [2.75, 3.05) is 0 Å². The number of nitrogens with one attached hydrogen (secondary N) is 1. The van der Waals surface area contributed by atoms with Crippen LogP contribution in [0.1, 0.15) is 27.7 Å². The van der Waals surface area contributed by atoms with Crippen molar-refractivity contribution >= 4 is 5.71 Å². The molecule has 1 aliphatic rings. The van der Waals surface area contributed by atoms with Gasteiger partial charge in [0.25, 0.3) is 0 Å². The highest BCUT2D eigenvalue weighted by Crippen LogP contribution is 2.26. The van der Waals surface area contributed by atoms with Crippen LogP contribution in [0, 0.1) is 0 Å². The fourth-order valence-electron chi connectivity index (χ4n) is 1.35. The van der Waals surface area contributed by atoms with Crippen molar-refractivity contribution in [1.29, 1.82) is 0 Å². The molecule has 0 amide bonds. The molecule has 11 heavy (non-hydrogen) atoms. The number of hydroxylamine groups is 1. The van der Waals surface area contributed by atoms with Gasteiger partial charge in [-0.05, 0) is 27.7 Å². The molecule has 4 heteroatoms. The highest BCUT2D eigenvalue weighted by molar-refractivity contribution is 6.00. The van der Waals surface area contributed by atoms with Gasteiger partial charge in [-0.15, -0.1) is 0 Å². The molecule has 1 aliphatic heterocycles. The smallest absolute Gasteiger partial charge is 0.127 e. The Kier molecular flexibility index (Phi) is 1.69. The predicted molar refractivity (Wildman–Crippen MR) is 41.6 cm³/mol. The Morgan fingerprint density at radius 1 is 1.36 bits per heavy atom. The van der Waals surface area contributed by atoms with Gasteiger partial charge in [-0.25, -0.2) is 0 Å². The van der Waals surface area contributed by atoms with E-state index in [0.29, 0.717) is 5.71 Å². The highest BCUT2D eigenvalue weighted by atomic mass is 16.7. The van der Waals surface area contributed by atoms with E-state index in [1.54, 1.807) is 0 Å². The third-order valence-electron chi connectivity index (χ3n) is 1.82. The summed E-state index contributed by atoms with van der Waals surface area (Å²) >= 11 is 0. The Morgan fingerprint density at radius 2 is 1.91 bits per heavy atom. The van der Waals surface area contributed by atoms with Crippen LogP contribution in [0.15, 0.2) is 5.16 Å². The summed E-state index contributed by atoms with van der Waals surface area (Å²) in [5, 5.41) is 11.9. The van der Waals surface area contributed by atoms with Crippen molar-refractivity contribution in [3.05, 3.63) is 0 Å². The Balaban J connectivity index is 2.99. The summed E-state index contributed by atoms with van der Waals surface area (Å²) in [6.45, 7) is 7.50. The molecule has 0 aromatic heterocycles. The molecule has 1 heterocycles. The van der Waals surface area contributed by atoms with Gasteiger partial charge in [-0.2, -0.15) is 5.48 Å². The zero-order chi connectivity index (χ0) is 8.70. The minimum absolute atomic E-state index is 0.377. The normalized spacial score (nSPS) is 31.1. The average molecular weight is 158 g/mol. The molecule has 1 fully saturated rings. The lowest BCUT2D eigenvalue weighted by Crippen LogP contribution is -2.41. The second kappa shape index (κ2) is 2.19. The summed E-state index contributed by atoms with van der Waals surface area (Å²) in [4.78, 5) is 5.22. The SMILES string of the molecule is CC1(C)NOC(C)(C)/C1=N\O. The second-order valence-corrected chi connectivity index (χ2v) is 3.79. The predicted octanol–water partition coefficient (Wildman–Crippen LogP) is 0.909. The van der Waals surface area contributed by atoms with Crippen molar-refractivity contribution in [3.63, 3.8) is 0 Å². The summed E-state index contributed by atoms with van der Waals surface area (Å²) in [7, 11) is 0. The fraction of sp³-hybridized carbons (Fsp3) is 0.857. The van der Waals surface area contributed by atoms with E-state index in [9.17, 15) is 0 Å². The lowest BCUT2D eigenvalue weighted by atomic mass is 9.89. The van der Waals surface area contributed by atoms with Crippen LogP contribution in [0.5, 0.6) is 0 Å². The second-order valence-electron chi connectivity index (χ2n) is 3.79. The minimum atomic E-state index is -0.516. The molecule has 1 saturated heterocycles. The van der Waals surface area contributed by atoms with Gasteiger partial charge in [0.15, 0.2) is 0 Å². The lowest BCUT2D eigenvalue weighted by Gasteiger charge is -2.18. The highest BCUT2D eigenvalue weighted by Gasteiger charge is 2.46. The summed E-state index contributed by atoms with van der Waals surface area (Å²) < 4.78 is 0. The van der Waals surface area contributed by atoms with Gasteiger partial charge in [-0.3, -0.25) is 4.84 Å². The van der Waals surface area contributed by atoms with Crippen molar-refractivity contribution in [2.24, 2.45) is 5.16 Å². The number of hydrogen-bond donors (Lipinski definition) is 2. The number of oxime groups is 1. The van der Waals surface area contributed by atoms with Crippen LogP contribution in [0.4, 0.5) is 0 Å². The Morgan fingerprint density at radius 3 is 2.09 bits per heavy atom. The van der Waals surface area contributed by atoms with Crippen LogP contribution in [-0.2, 0) is 4.84 Å². The maximum Gasteiger partial charge on any atom is 0.127 e. The molecule has 0 radical (unpaired) electrons. The molecule has 0 saturated carbocycles. The first kappa shape index (κ1) is 8.49. The molecule has 0 aliphatic carbocycles. The topological polar surface area (TPSA) is 53.8 Å². The quantitative estimate of drug-likeness (QED) is 0.407.